The van der Waals surface area contributed by atoms with Crippen LogP contribution in [0, 0.1) is 0 Å². The Hall–Kier alpha value is -5.76. The summed E-state index contributed by atoms with van der Waals surface area (Å²) in [5.41, 5.74) is 10.7. The summed E-state index contributed by atoms with van der Waals surface area (Å²) in [4.78, 5) is 0. The SMILES string of the molecule is CC1(C)c2ccccc2-c2c(-c3c4ccccc4c(-c4ccc5ccccc5c4)c4ccccc34)cc3c(sc4c5ccccc5ccc34)c21. The summed E-state index contributed by atoms with van der Waals surface area (Å²) in [5, 5.41) is 13.0. The van der Waals surface area contributed by atoms with E-state index in [9.17, 15) is 0 Å². The lowest BCUT2D eigenvalue weighted by Crippen LogP contribution is -2.15. The summed E-state index contributed by atoms with van der Waals surface area (Å²) < 4.78 is 2.79. The second kappa shape index (κ2) is 10.1. The van der Waals surface area contributed by atoms with Gasteiger partial charge in [0, 0.05) is 25.6 Å². The van der Waals surface area contributed by atoms with Gasteiger partial charge < -0.3 is 0 Å². The average Bonchev–Trinajstić information content (AvgIpc) is 3.65. The molecule has 9 aromatic carbocycles. The van der Waals surface area contributed by atoms with E-state index in [1.54, 1.807) is 0 Å². The molecule has 0 N–H and O–H groups in total. The van der Waals surface area contributed by atoms with Gasteiger partial charge in [0.05, 0.1) is 0 Å². The molecule has 0 nitrogen and oxygen atoms in total. The molecule has 1 heteroatoms. The molecule has 1 aliphatic carbocycles. The highest BCUT2D eigenvalue weighted by Crippen LogP contribution is 2.59. The maximum Gasteiger partial charge on any atom is 0.0433 e. The maximum atomic E-state index is 2.55. The first-order valence-corrected chi connectivity index (χ1v) is 18.3. The molecule has 1 aromatic heterocycles. The molecule has 0 spiro atoms. The fraction of sp³-hybridized carbons (Fsp3) is 0.0612. The third-order valence-corrected chi connectivity index (χ3v) is 12.7. The van der Waals surface area contributed by atoms with Crippen molar-refractivity contribution in [1.29, 1.82) is 0 Å². The zero-order valence-corrected chi connectivity index (χ0v) is 28.7. The fourth-order valence-electron chi connectivity index (χ4n) is 9.17. The van der Waals surface area contributed by atoms with E-state index in [-0.39, 0.29) is 5.41 Å². The van der Waals surface area contributed by atoms with Crippen molar-refractivity contribution in [2.24, 2.45) is 0 Å². The Balaban J connectivity index is 1.33. The highest BCUT2D eigenvalue weighted by Gasteiger charge is 2.40. The van der Waals surface area contributed by atoms with Crippen molar-refractivity contribution in [2.75, 3.05) is 0 Å². The van der Waals surface area contributed by atoms with Crippen LogP contribution in [0.4, 0.5) is 0 Å². The van der Waals surface area contributed by atoms with Crippen LogP contribution in [0.2, 0.25) is 0 Å². The van der Waals surface area contributed by atoms with E-state index in [4.69, 9.17) is 0 Å². The minimum Gasteiger partial charge on any atom is -0.134 e. The van der Waals surface area contributed by atoms with E-state index in [1.807, 2.05) is 11.3 Å². The van der Waals surface area contributed by atoms with Crippen LogP contribution < -0.4 is 0 Å². The molecule has 234 valence electrons. The largest absolute Gasteiger partial charge is 0.134 e. The van der Waals surface area contributed by atoms with Gasteiger partial charge in [0.2, 0.25) is 0 Å². The first-order valence-electron chi connectivity index (χ1n) is 17.5. The molecule has 0 unspecified atom stereocenters. The summed E-state index contributed by atoms with van der Waals surface area (Å²) in [6.07, 6.45) is 0. The van der Waals surface area contributed by atoms with Crippen molar-refractivity contribution < 1.29 is 0 Å². The van der Waals surface area contributed by atoms with Crippen molar-refractivity contribution in [3.05, 3.63) is 169 Å². The van der Waals surface area contributed by atoms with Crippen LogP contribution >= 0.6 is 11.3 Å². The second-order valence-corrected chi connectivity index (χ2v) is 15.4. The number of hydrogen-bond acceptors (Lipinski definition) is 1. The molecule has 0 radical (unpaired) electrons. The molecular weight excluding hydrogens is 621 g/mol. The molecule has 0 saturated heterocycles. The zero-order valence-electron chi connectivity index (χ0n) is 27.9. The molecule has 1 heterocycles. The van der Waals surface area contributed by atoms with Gasteiger partial charge in [-0.05, 0) is 99.7 Å². The monoisotopic (exact) mass is 652 g/mol. The Bertz CT molecular complexity index is 3010. The fourth-order valence-corrected chi connectivity index (χ4v) is 10.7. The number of fused-ring (bicyclic) bond motifs is 12. The summed E-state index contributed by atoms with van der Waals surface area (Å²) >= 11 is 1.98. The van der Waals surface area contributed by atoms with E-state index in [2.05, 4.69) is 172 Å². The molecule has 0 aliphatic heterocycles. The van der Waals surface area contributed by atoms with E-state index < -0.39 is 0 Å². The maximum absolute atomic E-state index is 2.55. The number of benzene rings is 9. The topological polar surface area (TPSA) is 0 Å². The highest BCUT2D eigenvalue weighted by atomic mass is 32.1. The van der Waals surface area contributed by atoms with Gasteiger partial charge in [0.1, 0.15) is 0 Å². The predicted octanol–water partition coefficient (Wildman–Crippen LogP) is 14.3. The summed E-state index contributed by atoms with van der Waals surface area (Å²) in [7, 11) is 0. The zero-order chi connectivity index (χ0) is 33.1. The molecule has 0 saturated carbocycles. The standard InChI is InChI=1S/C49H32S/c1-49(2)42-22-12-11-21-39(42)45-41(28-40-38-26-25-30-14-5-6-16-33(30)47(38)50-48(40)46(45)49)44-36-19-9-7-17-34(36)43(35-18-8-10-20-37(35)44)32-24-23-29-13-3-4-15-31(29)27-32/h3-28H,1-2H3. The predicted molar refractivity (Wildman–Crippen MR) is 218 cm³/mol. The third kappa shape index (κ3) is 3.71. The summed E-state index contributed by atoms with van der Waals surface area (Å²) in [6.45, 7) is 4.87. The first kappa shape index (κ1) is 28.1. The van der Waals surface area contributed by atoms with E-state index in [1.165, 1.54) is 108 Å². The van der Waals surface area contributed by atoms with Gasteiger partial charge in [-0.15, -0.1) is 11.3 Å². The minimum atomic E-state index is -0.145. The third-order valence-electron chi connectivity index (χ3n) is 11.4. The van der Waals surface area contributed by atoms with Crippen molar-refractivity contribution in [2.45, 2.75) is 19.3 Å². The lowest BCUT2D eigenvalue weighted by Gasteiger charge is -2.24. The Morgan fingerprint density at radius 1 is 0.380 bits per heavy atom. The lowest BCUT2D eigenvalue weighted by molar-refractivity contribution is 0.667. The molecule has 11 rings (SSSR count). The average molecular weight is 653 g/mol. The lowest BCUT2D eigenvalue weighted by atomic mass is 9.79. The van der Waals surface area contributed by atoms with Gasteiger partial charge in [0.15, 0.2) is 0 Å². The summed E-state index contributed by atoms with van der Waals surface area (Å²) in [6, 6.07) is 59.0. The Morgan fingerprint density at radius 3 is 1.70 bits per heavy atom. The van der Waals surface area contributed by atoms with Gasteiger partial charge in [-0.25, -0.2) is 0 Å². The Kier molecular flexibility index (Phi) is 5.70. The molecule has 0 fully saturated rings. The van der Waals surface area contributed by atoms with E-state index in [0.717, 1.165) is 0 Å². The molecule has 0 atom stereocenters. The van der Waals surface area contributed by atoms with Crippen molar-refractivity contribution >= 4 is 74.6 Å². The van der Waals surface area contributed by atoms with Crippen molar-refractivity contribution in [3.8, 4) is 33.4 Å². The van der Waals surface area contributed by atoms with Gasteiger partial charge in [-0.3, -0.25) is 0 Å². The minimum absolute atomic E-state index is 0.145. The second-order valence-electron chi connectivity index (χ2n) is 14.4. The smallest absolute Gasteiger partial charge is 0.0433 e. The van der Waals surface area contributed by atoms with Crippen LogP contribution in [0.15, 0.2) is 158 Å². The number of thiophene rings is 1. The van der Waals surface area contributed by atoms with Crippen LogP contribution in [0.1, 0.15) is 25.0 Å². The quantitative estimate of drug-likeness (QED) is 0.163. The Labute approximate surface area is 294 Å². The van der Waals surface area contributed by atoms with Crippen molar-refractivity contribution in [1.82, 2.24) is 0 Å². The van der Waals surface area contributed by atoms with Crippen LogP contribution in [-0.2, 0) is 5.41 Å². The highest BCUT2D eigenvalue weighted by molar-refractivity contribution is 7.27. The first-order chi connectivity index (χ1) is 24.6. The Morgan fingerprint density at radius 2 is 0.960 bits per heavy atom. The van der Waals surface area contributed by atoms with E-state index >= 15 is 0 Å². The van der Waals surface area contributed by atoms with Crippen LogP contribution in [0.3, 0.4) is 0 Å². The van der Waals surface area contributed by atoms with Gasteiger partial charge in [-0.2, -0.15) is 0 Å². The van der Waals surface area contributed by atoms with E-state index in [0.29, 0.717) is 0 Å². The normalized spacial score (nSPS) is 13.6. The molecule has 0 bridgehead atoms. The van der Waals surface area contributed by atoms with Crippen LogP contribution in [0.5, 0.6) is 0 Å². The summed E-state index contributed by atoms with van der Waals surface area (Å²) in [5.74, 6) is 0. The molecule has 50 heavy (non-hydrogen) atoms. The van der Waals surface area contributed by atoms with Crippen molar-refractivity contribution in [3.63, 3.8) is 0 Å². The van der Waals surface area contributed by atoms with Crippen LogP contribution in [-0.4, -0.2) is 0 Å². The molecule has 10 aromatic rings. The molecule has 0 amide bonds. The van der Waals surface area contributed by atoms with Gasteiger partial charge in [0.25, 0.3) is 0 Å². The molecular formula is C49H32S. The number of rotatable bonds is 2. The number of hydrogen-bond donors (Lipinski definition) is 0. The van der Waals surface area contributed by atoms with Crippen LogP contribution in [0.25, 0.3) is 96.6 Å². The van der Waals surface area contributed by atoms with Gasteiger partial charge in [-0.1, -0.05) is 159 Å². The molecule has 1 aliphatic rings. The van der Waals surface area contributed by atoms with Gasteiger partial charge >= 0.3 is 0 Å².